The van der Waals surface area contributed by atoms with Gasteiger partial charge in [-0.25, -0.2) is 4.79 Å². The number of hydrogen-bond acceptors (Lipinski definition) is 8. The number of rotatable bonds is 10. The number of carbonyl (C=O) groups excluding carboxylic acids is 3. The van der Waals surface area contributed by atoms with E-state index < -0.39 is 24.0 Å². The van der Waals surface area contributed by atoms with Crippen molar-refractivity contribution < 1.29 is 38.4 Å². The van der Waals surface area contributed by atoms with Gasteiger partial charge >= 0.3 is 11.9 Å². The van der Waals surface area contributed by atoms with Crippen LogP contribution in [0.15, 0.2) is 36.4 Å². The second kappa shape index (κ2) is 11.7. The largest absolute Gasteiger partial charge is 0.508 e. The van der Waals surface area contributed by atoms with Gasteiger partial charge in [0, 0.05) is 23.8 Å². The average Bonchev–Trinajstić information content (AvgIpc) is 2.84. The Labute approximate surface area is 205 Å². The van der Waals surface area contributed by atoms with Crippen LogP contribution in [0.25, 0.3) is 0 Å². The van der Waals surface area contributed by atoms with Crippen molar-refractivity contribution in [3.05, 3.63) is 53.1 Å². The zero-order chi connectivity index (χ0) is 25.5. The SMILES string of the molecule is COc1cc2c(cc1OC)C(=O)C(CC(=O)OC(C(=O)OCCc1ccc(O)cc1)C(C)C)CC2. The number of aromatic hydroxyl groups is 1. The van der Waals surface area contributed by atoms with E-state index in [0.29, 0.717) is 36.3 Å². The van der Waals surface area contributed by atoms with Crippen LogP contribution in [0.5, 0.6) is 17.2 Å². The molecular weight excluding hydrogens is 452 g/mol. The van der Waals surface area contributed by atoms with Crippen LogP contribution in [0, 0.1) is 11.8 Å². The van der Waals surface area contributed by atoms with Gasteiger partial charge in [0.25, 0.3) is 0 Å². The molecule has 35 heavy (non-hydrogen) atoms. The summed E-state index contributed by atoms with van der Waals surface area (Å²) in [5.41, 5.74) is 2.27. The molecule has 2 atom stereocenters. The smallest absolute Gasteiger partial charge is 0.347 e. The molecular formula is C27H32O8. The molecule has 1 aliphatic carbocycles. The van der Waals surface area contributed by atoms with Gasteiger partial charge in [0.15, 0.2) is 17.3 Å². The average molecular weight is 485 g/mol. The Balaban J connectivity index is 1.57. The van der Waals surface area contributed by atoms with Crippen LogP contribution in [0.4, 0.5) is 0 Å². The first-order valence-electron chi connectivity index (χ1n) is 11.7. The van der Waals surface area contributed by atoms with E-state index >= 15 is 0 Å². The van der Waals surface area contributed by atoms with Crippen molar-refractivity contribution in [3.63, 3.8) is 0 Å². The fraction of sp³-hybridized carbons (Fsp3) is 0.444. The van der Waals surface area contributed by atoms with Crippen LogP contribution in [0.1, 0.15) is 48.2 Å². The van der Waals surface area contributed by atoms with Gasteiger partial charge in [-0.2, -0.15) is 0 Å². The summed E-state index contributed by atoms with van der Waals surface area (Å²) >= 11 is 0. The maximum Gasteiger partial charge on any atom is 0.347 e. The lowest BCUT2D eigenvalue weighted by atomic mass is 9.81. The number of methoxy groups -OCH3 is 2. The summed E-state index contributed by atoms with van der Waals surface area (Å²) in [4.78, 5) is 38.3. The quantitative estimate of drug-likeness (QED) is 0.506. The van der Waals surface area contributed by atoms with Crippen molar-refractivity contribution in [3.8, 4) is 17.2 Å². The van der Waals surface area contributed by atoms with Gasteiger partial charge in [-0.1, -0.05) is 26.0 Å². The minimum absolute atomic E-state index is 0.114. The first-order valence-corrected chi connectivity index (χ1v) is 11.7. The summed E-state index contributed by atoms with van der Waals surface area (Å²) in [6, 6.07) is 10.1. The number of ketones is 1. The predicted molar refractivity (Wildman–Crippen MR) is 128 cm³/mol. The van der Waals surface area contributed by atoms with Crippen LogP contribution in [0.3, 0.4) is 0 Å². The predicted octanol–water partition coefficient (Wildman–Crippen LogP) is 3.90. The molecule has 0 saturated heterocycles. The summed E-state index contributed by atoms with van der Waals surface area (Å²) in [6.45, 7) is 3.65. The summed E-state index contributed by atoms with van der Waals surface area (Å²) in [7, 11) is 3.04. The Morgan fingerprint density at radius 3 is 2.34 bits per heavy atom. The van der Waals surface area contributed by atoms with Crippen molar-refractivity contribution in [1.29, 1.82) is 0 Å². The molecule has 0 amide bonds. The number of phenols is 1. The highest BCUT2D eigenvalue weighted by atomic mass is 16.6. The van der Waals surface area contributed by atoms with Crippen LogP contribution < -0.4 is 9.47 Å². The van der Waals surface area contributed by atoms with Gasteiger partial charge in [-0.3, -0.25) is 9.59 Å². The van der Waals surface area contributed by atoms with Crippen molar-refractivity contribution in [1.82, 2.24) is 0 Å². The van der Waals surface area contributed by atoms with E-state index in [-0.39, 0.29) is 30.5 Å². The maximum atomic E-state index is 13.1. The van der Waals surface area contributed by atoms with Crippen molar-refractivity contribution >= 4 is 17.7 Å². The van der Waals surface area contributed by atoms with E-state index in [4.69, 9.17) is 18.9 Å². The third kappa shape index (κ3) is 6.53. The van der Waals surface area contributed by atoms with Crippen molar-refractivity contribution in [2.45, 2.75) is 45.6 Å². The molecule has 0 saturated carbocycles. The highest BCUT2D eigenvalue weighted by Gasteiger charge is 2.34. The molecule has 0 radical (unpaired) electrons. The Hall–Kier alpha value is -3.55. The Bertz CT molecular complexity index is 1060. The van der Waals surface area contributed by atoms with E-state index in [9.17, 15) is 19.5 Å². The molecule has 0 heterocycles. The van der Waals surface area contributed by atoms with E-state index in [1.165, 1.54) is 14.2 Å². The standard InChI is InChI=1S/C27H32O8/c1-16(2)26(27(31)34-12-11-17-5-9-20(28)10-6-17)35-24(29)14-19-8-7-18-13-22(32-3)23(33-4)15-21(18)25(19)30/h5-6,9-10,13,15-16,19,26,28H,7-8,11-12,14H2,1-4H3. The first kappa shape index (κ1) is 26.1. The van der Waals surface area contributed by atoms with Crippen LogP contribution >= 0.6 is 0 Å². The van der Waals surface area contributed by atoms with Gasteiger partial charge in [-0.15, -0.1) is 0 Å². The summed E-state index contributed by atoms with van der Waals surface area (Å²) < 4.78 is 21.4. The van der Waals surface area contributed by atoms with Crippen molar-refractivity contribution in [2.75, 3.05) is 20.8 Å². The Morgan fingerprint density at radius 2 is 1.71 bits per heavy atom. The van der Waals surface area contributed by atoms with Crippen LogP contribution in [-0.2, 0) is 31.9 Å². The summed E-state index contributed by atoms with van der Waals surface area (Å²) in [5.74, 6) is -1.03. The number of Topliss-reactive ketones (excluding diaryl/α,β-unsaturated/α-hetero) is 1. The molecule has 3 rings (SSSR count). The van der Waals surface area contributed by atoms with Crippen LogP contribution in [-0.4, -0.2) is 49.8 Å². The molecule has 2 unspecified atom stereocenters. The Kier molecular flexibility index (Phi) is 8.73. The third-order valence-electron chi connectivity index (χ3n) is 6.09. The number of esters is 2. The lowest BCUT2D eigenvalue weighted by Gasteiger charge is -2.25. The number of hydrogen-bond donors (Lipinski definition) is 1. The third-order valence-corrected chi connectivity index (χ3v) is 6.09. The molecule has 1 N–H and O–H groups in total. The van der Waals surface area contributed by atoms with Crippen LogP contribution in [0.2, 0.25) is 0 Å². The highest BCUT2D eigenvalue weighted by molar-refractivity contribution is 6.02. The second-order valence-corrected chi connectivity index (χ2v) is 8.91. The lowest BCUT2D eigenvalue weighted by Crippen LogP contribution is -2.35. The van der Waals surface area contributed by atoms with Crippen molar-refractivity contribution in [2.24, 2.45) is 11.8 Å². The highest BCUT2D eigenvalue weighted by Crippen LogP contribution is 2.36. The molecule has 188 valence electrons. The maximum absolute atomic E-state index is 13.1. The monoisotopic (exact) mass is 484 g/mol. The molecule has 0 bridgehead atoms. The lowest BCUT2D eigenvalue weighted by molar-refractivity contribution is -0.171. The molecule has 8 heteroatoms. The topological polar surface area (TPSA) is 108 Å². The number of aryl methyl sites for hydroxylation is 1. The fourth-order valence-electron chi connectivity index (χ4n) is 4.09. The van der Waals surface area contributed by atoms with Gasteiger partial charge < -0.3 is 24.1 Å². The first-order chi connectivity index (χ1) is 16.7. The molecule has 1 aliphatic rings. The molecule has 0 fully saturated rings. The second-order valence-electron chi connectivity index (χ2n) is 8.91. The Morgan fingerprint density at radius 1 is 1.06 bits per heavy atom. The molecule has 2 aromatic carbocycles. The normalized spacial score (nSPS) is 15.8. The van der Waals surface area contributed by atoms with Gasteiger partial charge in [0.05, 0.1) is 27.2 Å². The number of fused-ring (bicyclic) bond motifs is 1. The van der Waals surface area contributed by atoms with Gasteiger partial charge in [0.2, 0.25) is 6.10 Å². The summed E-state index contributed by atoms with van der Waals surface area (Å²) in [6.07, 6.45) is 0.412. The summed E-state index contributed by atoms with van der Waals surface area (Å²) in [5, 5.41) is 9.35. The minimum Gasteiger partial charge on any atom is -0.508 e. The van der Waals surface area contributed by atoms with Gasteiger partial charge in [-0.05, 0) is 48.2 Å². The number of phenolic OH excluding ortho intramolecular Hbond substituents is 1. The number of benzene rings is 2. The van der Waals surface area contributed by atoms with E-state index in [1.807, 2.05) is 0 Å². The molecule has 0 aliphatic heterocycles. The molecule has 0 spiro atoms. The minimum atomic E-state index is -1.06. The number of ether oxygens (including phenoxy) is 4. The van der Waals surface area contributed by atoms with E-state index in [1.54, 1.807) is 50.2 Å². The van der Waals surface area contributed by atoms with E-state index in [2.05, 4.69) is 0 Å². The van der Waals surface area contributed by atoms with E-state index in [0.717, 1.165) is 11.1 Å². The molecule has 8 nitrogen and oxygen atoms in total. The fourth-order valence-corrected chi connectivity index (χ4v) is 4.09. The molecule has 0 aromatic heterocycles. The van der Waals surface area contributed by atoms with Gasteiger partial charge in [0.1, 0.15) is 5.75 Å². The zero-order valence-corrected chi connectivity index (χ0v) is 20.5. The number of carbonyl (C=O) groups is 3. The zero-order valence-electron chi connectivity index (χ0n) is 20.5. The molecule has 2 aromatic rings.